The first kappa shape index (κ1) is 24.7. The van der Waals surface area contributed by atoms with Gasteiger partial charge in [0.25, 0.3) is 0 Å². The van der Waals surface area contributed by atoms with Gasteiger partial charge < -0.3 is 19.2 Å². The first-order valence-corrected chi connectivity index (χ1v) is 10.5. The van der Waals surface area contributed by atoms with Gasteiger partial charge in [0, 0.05) is 12.7 Å². The number of nitrogens with zero attached hydrogens (tertiary/aromatic N) is 2. The van der Waals surface area contributed by atoms with Crippen molar-refractivity contribution in [1.29, 1.82) is 0 Å². The Kier molecular flexibility index (Phi) is 7.07. The predicted molar refractivity (Wildman–Crippen MR) is 113 cm³/mol. The quantitative estimate of drug-likeness (QED) is 0.528. The van der Waals surface area contributed by atoms with Crippen molar-refractivity contribution in [3.63, 3.8) is 0 Å². The number of rotatable bonds is 6. The molecular weight excluding hydrogens is 402 g/mol. The number of esters is 1. The van der Waals surface area contributed by atoms with E-state index >= 15 is 0 Å². The molecule has 0 aliphatic heterocycles. The summed E-state index contributed by atoms with van der Waals surface area (Å²) < 4.78 is 15.9. The second-order valence-corrected chi connectivity index (χ2v) is 10.2. The Bertz CT molecular complexity index is 765. The van der Waals surface area contributed by atoms with Gasteiger partial charge in [-0.2, -0.15) is 0 Å². The van der Waals surface area contributed by atoms with Gasteiger partial charge in [0.05, 0.1) is 19.1 Å². The average molecular weight is 438 g/mol. The number of aromatic nitrogens is 2. The van der Waals surface area contributed by atoms with Crippen LogP contribution in [0.4, 0.5) is 9.59 Å². The molecule has 1 saturated carbocycles. The van der Waals surface area contributed by atoms with Crippen molar-refractivity contribution < 1.29 is 28.6 Å². The molecule has 1 heterocycles. The highest BCUT2D eigenvalue weighted by Crippen LogP contribution is 2.57. The molecule has 3 atom stereocenters. The zero-order valence-corrected chi connectivity index (χ0v) is 19.8. The fraction of sp³-hybridized carbons (Fsp3) is 0.727. The Hall–Kier alpha value is -2.58. The van der Waals surface area contributed by atoms with Crippen molar-refractivity contribution in [2.24, 2.45) is 11.8 Å². The summed E-state index contributed by atoms with van der Waals surface area (Å²) in [5.41, 5.74) is -1.55. The van der Waals surface area contributed by atoms with E-state index in [4.69, 9.17) is 14.2 Å². The Morgan fingerprint density at radius 1 is 1.16 bits per heavy atom. The zero-order valence-electron chi connectivity index (χ0n) is 19.8. The molecule has 0 spiro atoms. The molecule has 9 heteroatoms. The van der Waals surface area contributed by atoms with Crippen LogP contribution in [0.5, 0.6) is 0 Å². The fourth-order valence-electron chi connectivity index (χ4n) is 3.72. The molecule has 0 radical (unpaired) electrons. The van der Waals surface area contributed by atoms with E-state index in [2.05, 4.69) is 9.97 Å². The van der Waals surface area contributed by atoms with Crippen molar-refractivity contribution in [3.05, 3.63) is 18.2 Å². The lowest BCUT2D eigenvalue weighted by Crippen LogP contribution is -2.45. The average Bonchev–Trinajstić information content (AvgIpc) is 3.06. The number of aromatic amines is 1. The van der Waals surface area contributed by atoms with Gasteiger partial charge in [-0.3, -0.25) is 4.79 Å². The van der Waals surface area contributed by atoms with Gasteiger partial charge in [-0.25, -0.2) is 19.5 Å². The van der Waals surface area contributed by atoms with Crippen molar-refractivity contribution in [2.45, 2.75) is 77.9 Å². The van der Waals surface area contributed by atoms with E-state index in [0.717, 1.165) is 4.90 Å². The van der Waals surface area contributed by atoms with Gasteiger partial charge in [0.2, 0.25) is 0 Å². The molecule has 1 N–H and O–H groups in total. The molecule has 31 heavy (non-hydrogen) atoms. The minimum Gasteiger partial charge on any atom is -0.468 e. The molecule has 0 bridgehead atoms. The van der Waals surface area contributed by atoms with Crippen molar-refractivity contribution in [1.82, 2.24) is 14.9 Å². The van der Waals surface area contributed by atoms with E-state index in [1.165, 1.54) is 13.4 Å². The number of H-pyrrole nitrogens is 1. The number of carbonyl (C=O) groups excluding carboxylic acids is 3. The summed E-state index contributed by atoms with van der Waals surface area (Å²) in [7, 11) is 1.37. The second kappa shape index (κ2) is 8.88. The monoisotopic (exact) mass is 437 g/mol. The lowest BCUT2D eigenvalue weighted by Gasteiger charge is -2.30. The van der Waals surface area contributed by atoms with Crippen LogP contribution >= 0.6 is 0 Å². The molecule has 1 unspecified atom stereocenters. The minimum atomic E-state index is -0.762. The largest absolute Gasteiger partial charge is 0.468 e. The van der Waals surface area contributed by atoms with E-state index in [9.17, 15) is 14.4 Å². The molecule has 174 valence electrons. The van der Waals surface area contributed by atoms with Crippen molar-refractivity contribution in [3.8, 4) is 0 Å². The van der Waals surface area contributed by atoms with Gasteiger partial charge in [-0.05, 0) is 66.2 Å². The number of ether oxygens (including phenoxy) is 3. The number of hydrogen-bond acceptors (Lipinski definition) is 7. The van der Waals surface area contributed by atoms with Crippen LogP contribution in [0.3, 0.4) is 0 Å². The lowest BCUT2D eigenvalue weighted by atomic mass is 9.94. The molecule has 1 aliphatic carbocycles. The number of hydrogen-bond donors (Lipinski definition) is 1. The zero-order chi connectivity index (χ0) is 23.6. The third-order valence-electron chi connectivity index (χ3n) is 5.04. The molecule has 0 saturated heterocycles. The van der Waals surface area contributed by atoms with Gasteiger partial charge >= 0.3 is 18.2 Å². The van der Waals surface area contributed by atoms with E-state index in [-0.39, 0.29) is 24.3 Å². The van der Waals surface area contributed by atoms with Crippen molar-refractivity contribution >= 4 is 18.2 Å². The van der Waals surface area contributed by atoms with Crippen molar-refractivity contribution in [2.75, 3.05) is 13.7 Å². The molecule has 1 aromatic heterocycles. The van der Waals surface area contributed by atoms with Crippen LogP contribution in [0.1, 0.15) is 67.0 Å². The standard InChI is InChI=1S/C22H35N3O6/c1-14(9-15-10-22(15,17(26)29-8)16-11-23-13-24-16)12-25(18(27)30-20(2,3)4)19(28)31-21(5,6)7/h11,13-15H,9-10,12H2,1-8H3,(H,23,24)/t14?,15-,22+/m0/s1. The molecule has 0 aromatic carbocycles. The fourth-order valence-corrected chi connectivity index (χ4v) is 3.72. The normalized spacial score (nSPS) is 21.7. The third kappa shape index (κ3) is 6.21. The third-order valence-corrected chi connectivity index (χ3v) is 5.04. The van der Waals surface area contributed by atoms with E-state index in [0.29, 0.717) is 18.5 Å². The van der Waals surface area contributed by atoms with Crippen LogP contribution < -0.4 is 0 Å². The highest BCUT2D eigenvalue weighted by atomic mass is 16.6. The second-order valence-electron chi connectivity index (χ2n) is 10.2. The summed E-state index contributed by atoms with van der Waals surface area (Å²) in [6.07, 6.45) is 2.89. The Morgan fingerprint density at radius 2 is 1.71 bits per heavy atom. The van der Waals surface area contributed by atoms with Gasteiger partial charge in [0.15, 0.2) is 0 Å². The van der Waals surface area contributed by atoms with Gasteiger partial charge in [-0.15, -0.1) is 0 Å². The molecule has 2 rings (SSSR count). The van der Waals surface area contributed by atoms with Gasteiger partial charge in [0.1, 0.15) is 16.6 Å². The smallest absolute Gasteiger partial charge is 0.419 e. The summed E-state index contributed by atoms with van der Waals surface area (Å²) >= 11 is 0. The topological polar surface area (TPSA) is 111 Å². The number of imidazole rings is 1. The summed E-state index contributed by atoms with van der Waals surface area (Å²) in [5, 5.41) is 0. The molecule has 1 fully saturated rings. The predicted octanol–water partition coefficient (Wildman–Crippen LogP) is 4.04. The highest BCUT2D eigenvalue weighted by molar-refractivity contribution is 5.88. The summed E-state index contributed by atoms with van der Waals surface area (Å²) in [6, 6.07) is 0. The van der Waals surface area contributed by atoms with Crippen LogP contribution in [-0.2, 0) is 24.4 Å². The Labute approximate surface area is 183 Å². The maximum atomic E-state index is 12.7. The maximum absolute atomic E-state index is 12.7. The van der Waals surface area contributed by atoms with Crippen LogP contribution in [-0.4, -0.2) is 57.9 Å². The van der Waals surface area contributed by atoms with E-state index in [1.54, 1.807) is 47.7 Å². The number of amides is 2. The van der Waals surface area contributed by atoms with Crippen LogP contribution in [0, 0.1) is 11.8 Å². The maximum Gasteiger partial charge on any atom is 0.419 e. The first-order chi connectivity index (χ1) is 14.2. The minimum absolute atomic E-state index is 0.00882. The number of methoxy groups -OCH3 is 1. The van der Waals surface area contributed by atoms with E-state index < -0.39 is 28.8 Å². The van der Waals surface area contributed by atoms with Gasteiger partial charge in [-0.1, -0.05) is 6.92 Å². The summed E-state index contributed by atoms with van der Waals surface area (Å²) in [5.74, 6) is -0.404. The van der Waals surface area contributed by atoms with E-state index in [1.807, 2.05) is 6.92 Å². The van der Waals surface area contributed by atoms with Crippen LogP contribution in [0.15, 0.2) is 12.5 Å². The molecular formula is C22H35N3O6. The highest BCUT2D eigenvalue weighted by Gasteiger charge is 2.63. The molecule has 1 aliphatic rings. The molecule has 1 aromatic rings. The summed E-state index contributed by atoms with van der Waals surface area (Å²) in [6.45, 7) is 12.5. The number of carbonyl (C=O) groups is 3. The summed E-state index contributed by atoms with van der Waals surface area (Å²) in [4.78, 5) is 46.0. The Balaban J connectivity index is 2.12. The molecule has 2 amide bonds. The SMILES string of the molecule is COC(=O)[C@]1(c2cnc[nH]2)C[C@@H]1CC(C)CN(C(=O)OC(C)(C)C)C(=O)OC(C)(C)C. The molecule has 9 nitrogen and oxygen atoms in total. The van der Waals surface area contributed by atoms with Crippen LogP contribution in [0.2, 0.25) is 0 Å². The number of imide groups is 1. The Morgan fingerprint density at radius 3 is 2.13 bits per heavy atom. The number of nitrogens with one attached hydrogen (secondary N) is 1. The lowest BCUT2D eigenvalue weighted by molar-refractivity contribution is -0.144. The first-order valence-electron chi connectivity index (χ1n) is 10.5. The van der Waals surface area contributed by atoms with Crippen LogP contribution in [0.25, 0.3) is 0 Å².